The molecule has 1 fully saturated rings. The highest BCUT2D eigenvalue weighted by atomic mass is 16.5. The lowest BCUT2D eigenvalue weighted by Crippen LogP contribution is -2.36. The van der Waals surface area contributed by atoms with E-state index in [2.05, 4.69) is 15.4 Å². The van der Waals surface area contributed by atoms with Crippen LogP contribution in [0.3, 0.4) is 0 Å². The first-order valence-electron chi connectivity index (χ1n) is 5.37. The van der Waals surface area contributed by atoms with Crippen molar-refractivity contribution in [3.05, 3.63) is 0 Å². The number of amides is 2. The van der Waals surface area contributed by atoms with Gasteiger partial charge in [0, 0.05) is 19.0 Å². The van der Waals surface area contributed by atoms with E-state index < -0.39 is 11.9 Å². The van der Waals surface area contributed by atoms with Crippen molar-refractivity contribution in [2.45, 2.75) is 32.2 Å². The first-order valence-corrected chi connectivity index (χ1v) is 5.37. The van der Waals surface area contributed by atoms with Crippen molar-refractivity contribution < 1.29 is 19.1 Å². The van der Waals surface area contributed by atoms with Crippen molar-refractivity contribution in [3.63, 3.8) is 0 Å². The van der Waals surface area contributed by atoms with Crippen LogP contribution in [0.1, 0.15) is 26.2 Å². The number of hydrogen-bond donors (Lipinski definition) is 2. The Kier molecular flexibility index (Phi) is 4.75. The molecule has 0 saturated heterocycles. The summed E-state index contributed by atoms with van der Waals surface area (Å²) in [5.41, 5.74) is 0. The molecule has 0 unspecified atom stereocenters. The lowest BCUT2D eigenvalue weighted by molar-refractivity contribution is -0.154. The first kappa shape index (κ1) is 12.5. The molecule has 0 radical (unpaired) electrons. The molecule has 0 aromatic heterocycles. The molecule has 0 spiro atoms. The Hall–Kier alpha value is -1.59. The van der Waals surface area contributed by atoms with Crippen LogP contribution in [0, 0.1) is 0 Å². The van der Waals surface area contributed by atoms with E-state index in [1.165, 1.54) is 0 Å². The van der Waals surface area contributed by atoms with Gasteiger partial charge in [-0.25, -0.2) is 4.79 Å². The maximum Gasteiger partial charge on any atom is 0.396 e. The molecule has 1 aliphatic rings. The molecule has 1 saturated carbocycles. The quantitative estimate of drug-likeness (QED) is 0.483. The van der Waals surface area contributed by atoms with Crippen LogP contribution in [0.15, 0.2) is 0 Å². The SMILES string of the molecule is CCOC(=O)C(=O)NCCC(=O)NC1CC1. The zero-order valence-electron chi connectivity index (χ0n) is 9.25. The Morgan fingerprint density at radius 2 is 2.00 bits per heavy atom. The van der Waals surface area contributed by atoms with Gasteiger partial charge in [-0.05, 0) is 19.8 Å². The zero-order valence-corrected chi connectivity index (χ0v) is 9.25. The van der Waals surface area contributed by atoms with Crippen LogP contribution in [-0.2, 0) is 19.1 Å². The van der Waals surface area contributed by atoms with Gasteiger partial charge in [-0.2, -0.15) is 0 Å². The maximum absolute atomic E-state index is 11.2. The highest BCUT2D eigenvalue weighted by Gasteiger charge is 2.23. The third kappa shape index (κ3) is 4.77. The van der Waals surface area contributed by atoms with E-state index in [-0.39, 0.29) is 25.5 Å². The molecule has 2 N–H and O–H groups in total. The van der Waals surface area contributed by atoms with Gasteiger partial charge in [0.2, 0.25) is 5.91 Å². The third-order valence-electron chi connectivity index (χ3n) is 2.04. The minimum atomic E-state index is -0.912. The molecule has 16 heavy (non-hydrogen) atoms. The average molecular weight is 228 g/mol. The van der Waals surface area contributed by atoms with Gasteiger partial charge < -0.3 is 15.4 Å². The van der Waals surface area contributed by atoms with Gasteiger partial charge in [-0.15, -0.1) is 0 Å². The fraction of sp³-hybridized carbons (Fsp3) is 0.700. The van der Waals surface area contributed by atoms with Gasteiger partial charge >= 0.3 is 11.9 Å². The largest absolute Gasteiger partial charge is 0.459 e. The van der Waals surface area contributed by atoms with Gasteiger partial charge in [-0.1, -0.05) is 0 Å². The van der Waals surface area contributed by atoms with Gasteiger partial charge in [0.15, 0.2) is 0 Å². The molecule has 90 valence electrons. The summed E-state index contributed by atoms with van der Waals surface area (Å²) in [6, 6.07) is 0.313. The molecule has 0 bridgehead atoms. The van der Waals surface area contributed by atoms with E-state index in [4.69, 9.17) is 0 Å². The van der Waals surface area contributed by atoms with Crippen LogP contribution in [0.25, 0.3) is 0 Å². The first-order chi connectivity index (χ1) is 7.63. The van der Waals surface area contributed by atoms with Crippen molar-refractivity contribution in [1.82, 2.24) is 10.6 Å². The summed E-state index contributed by atoms with van der Waals surface area (Å²) in [6.07, 6.45) is 2.24. The van der Waals surface area contributed by atoms with Crippen LogP contribution < -0.4 is 10.6 Å². The number of nitrogens with one attached hydrogen (secondary N) is 2. The lowest BCUT2D eigenvalue weighted by atomic mass is 10.4. The Labute approximate surface area is 93.7 Å². The number of rotatable bonds is 5. The number of carbonyl (C=O) groups is 3. The minimum Gasteiger partial charge on any atom is -0.459 e. The van der Waals surface area contributed by atoms with Crippen LogP contribution in [0.2, 0.25) is 0 Å². The van der Waals surface area contributed by atoms with E-state index in [0.29, 0.717) is 6.04 Å². The van der Waals surface area contributed by atoms with E-state index in [1.54, 1.807) is 6.92 Å². The summed E-state index contributed by atoms with van der Waals surface area (Å²) in [5, 5.41) is 5.09. The average Bonchev–Trinajstić information content (AvgIpc) is 3.01. The lowest BCUT2D eigenvalue weighted by Gasteiger charge is -2.05. The van der Waals surface area contributed by atoms with Crippen molar-refractivity contribution in [2.24, 2.45) is 0 Å². The highest BCUT2D eigenvalue weighted by Crippen LogP contribution is 2.18. The van der Waals surface area contributed by atoms with Crippen LogP contribution in [0.5, 0.6) is 0 Å². The van der Waals surface area contributed by atoms with Crippen molar-refractivity contribution in [2.75, 3.05) is 13.2 Å². The minimum absolute atomic E-state index is 0.105. The molecule has 6 nitrogen and oxygen atoms in total. The summed E-state index contributed by atoms with van der Waals surface area (Å²) in [7, 11) is 0. The van der Waals surface area contributed by atoms with Crippen molar-refractivity contribution in [3.8, 4) is 0 Å². The Bertz CT molecular complexity index is 287. The number of hydrogen-bond acceptors (Lipinski definition) is 4. The second-order valence-electron chi connectivity index (χ2n) is 3.57. The summed E-state index contributed by atoms with van der Waals surface area (Å²) in [6.45, 7) is 1.93. The van der Waals surface area contributed by atoms with E-state index in [9.17, 15) is 14.4 Å². The third-order valence-corrected chi connectivity index (χ3v) is 2.04. The van der Waals surface area contributed by atoms with Gasteiger partial charge in [-0.3, -0.25) is 9.59 Å². The predicted molar refractivity (Wildman–Crippen MR) is 55.4 cm³/mol. The second-order valence-corrected chi connectivity index (χ2v) is 3.57. The van der Waals surface area contributed by atoms with E-state index in [0.717, 1.165) is 12.8 Å². The summed E-state index contributed by atoms with van der Waals surface area (Å²) < 4.78 is 4.48. The Morgan fingerprint density at radius 1 is 1.31 bits per heavy atom. The molecule has 6 heteroatoms. The van der Waals surface area contributed by atoms with Crippen molar-refractivity contribution >= 4 is 17.8 Å². The van der Waals surface area contributed by atoms with Gasteiger partial charge in [0.05, 0.1) is 6.61 Å². The Morgan fingerprint density at radius 3 is 2.56 bits per heavy atom. The maximum atomic E-state index is 11.2. The van der Waals surface area contributed by atoms with E-state index >= 15 is 0 Å². The van der Waals surface area contributed by atoms with Crippen LogP contribution >= 0.6 is 0 Å². The molecule has 0 atom stereocenters. The molecular weight excluding hydrogens is 212 g/mol. The second kappa shape index (κ2) is 6.09. The van der Waals surface area contributed by atoms with Crippen LogP contribution in [0.4, 0.5) is 0 Å². The molecule has 2 amide bonds. The molecule has 1 rings (SSSR count). The summed E-state index contributed by atoms with van der Waals surface area (Å²) in [4.78, 5) is 33.1. The number of carbonyl (C=O) groups excluding carboxylic acids is 3. The standard InChI is InChI=1S/C10H16N2O4/c1-2-16-10(15)9(14)11-6-5-8(13)12-7-3-4-7/h7H,2-6H2,1H3,(H,11,14)(H,12,13). The molecule has 1 aliphatic carbocycles. The summed E-state index contributed by atoms with van der Waals surface area (Å²) in [5.74, 6) is -1.82. The van der Waals surface area contributed by atoms with Gasteiger partial charge in [0.25, 0.3) is 0 Å². The number of ether oxygens (including phenoxy) is 1. The fourth-order valence-electron chi connectivity index (χ4n) is 1.09. The van der Waals surface area contributed by atoms with Crippen molar-refractivity contribution in [1.29, 1.82) is 0 Å². The normalized spacial score (nSPS) is 14.1. The molecule has 0 aliphatic heterocycles. The molecular formula is C10H16N2O4. The summed E-state index contributed by atoms with van der Waals surface area (Å²) >= 11 is 0. The molecule has 0 heterocycles. The fourth-order valence-corrected chi connectivity index (χ4v) is 1.09. The molecule has 0 aromatic rings. The highest BCUT2D eigenvalue weighted by molar-refractivity contribution is 6.32. The Balaban J connectivity index is 2.06. The zero-order chi connectivity index (χ0) is 12.0. The monoisotopic (exact) mass is 228 g/mol. The molecule has 0 aromatic carbocycles. The topological polar surface area (TPSA) is 84.5 Å². The number of esters is 1. The predicted octanol–water partition coefficient (Wildman–Crippen LogP) is -0.666. The smallest absolute Gasteiger partial charge is 0.396 e. The van der Waals surface area contributed by atoms with E-state index in [1.807, 2.05) is 0 Å². The van der Waals surface area contributed by atoms with Crippen LogP contribution in [-0.4, -0.2) is 37.0 Å². The van der Waals surface area contributed by atoms with Gasteiger partial charge in [0.1, 0.15) is 0 Å².